The van der Waals surface area contributed by atoms with Crippen LogP contribution in [0.4, 0.5) is 0 Å². The van der Waals surface area contributed by atoms with Crippen LogP contribution in [0, 0.1) is 0 Å². The Labute approximate surface area is 121 Å². The van der Waals surface area contributed by atoms with Gasteiger partial charge in [0.2, 0.25) is 5.96 Å². The molecule has 0 aliphatic carbocycles. The molecule has 0 amide bonds. The predicted molar refractivity (Wildman–Crippen MR) is 77.2 cm³/mol. The van der Waals surface area contributed by atoms with Gasteiger partial charge in [-0.3, -0.25) is 13.9 Å². The Morgan fingerprint density at radius 1 is 1.19 bits per heavy atom. The molecule has 0 fully saturated rings. The van der Waals surface area contributed by atoms with E-state index in [1.807, 2.05) is 13.8 Å². The molecule has 0 bridgehead atoms. The van der Waals surface area contributed by atoms with Crippen LogP contribution in [0.1, 0.15) is 20.3 Å². The summed E-state index contributed by atoms with van der Waals surface area (Å²) in [6, 6.07) is 0. The molecule has 21 heavy (non-hydrogen) atoms. The van der Waals surface area contributed by atoms with Gasteiger partial charge in [-0.15, -0.1) is 0 Å². The Hall–Kier alpha value is -2.09. The van der Waals surface area contributed by atoms with Crippen LogP contribution >= 0.6 is 0 Å². The summed E-state index contributed by atoms with van der Waals surface area (Å²) < 4.78 is 7.72. The normalized spacial score (nSPS) is 15.2. The highest BCUT2D eigenvalue weighted by Crippen LogP contribution is 1.92. The lowest BCUT2D eigenvalue weighted by Crippen LogP contribution is -2.55. The van der Waals surface area contributed by atoms with Crippen LogP contribution in [0.5, 0.6) is 0 Å². The Morgan fingerprint density at radius 3 is 2.57 bits per heavy atom. The van der Waals surface area contributed by atoms with Crippen LogP contribution in [0.3, 0.4) is 0 Å². The van der Waals surface area contributed by atoms with Crippen molar-refractivity contribution in [2.45, 2.75) is 26.4 Å². The van der Waals surface area contributed by atoms with Crippen molar-refractivity contribution in [3.8, 4) is 0 Å². The number of hydrogen-bond acceptors (Lipinski definition) is 4. The van der Waals surface area contributed by atoms with Gasteiger partial charge in [0.1, 0.15) is 0 Å². The van der Waals surface area contributed by atoms with Gasteiger partial charge >= 0.3 is 5.69 Å². The van der Waals surface area contributed by atoms with E-state index in [2.05, 4.69) is 15.0 Å². The predicted octanol–water partition coefficient (Wildman–Crippen LogP) is -1.49. The quantitative estimate of drug-likeness (QED) is 0.619. The molecule has 0 N–H and O–H groups in total. The van der Waals surface area contributed by atoms with Crippen LogP contribution in [0.15, 0.2) is 24.6 Å². The molecule has 0 aromatic carbocycles. The highest BCUT2D eigenvalue weighted by atomic mass is 16.5. The molecule has 2 heterocycles. The first-order chi connectivity index (χ1) is 9.91. The van der Waals surface area contributed by atoms with Gasteiger partial charge in [0.15, 0.2) is 10.8 Å². The van der Waals surface area contributed by atoms with Crippen LogP contribution in [0.25, 0.3) is 0 Å². The molecule has 1 aromatic rings. The summed E-state index contributed by atoms with van der Waals surface area (Å²) in [4.78, 5) is 36.2. The molecule has 8 heteroatoms. The van der Waals surface area contributed by atoms with E-state index in [1.165, 1.54) is 11.6 Å². The minimum atomic E-state index is -0.454. The number of rotatable bonds is 5. The number of guanidine groups is 1. The molecule has 1 aliphatic heterocycles. The van der Waals surface area contributed by atoms with Crippen molar-refractivity contribution in [1.82, 2.24) is 9.13 Å². The summed E-state index contributed by atoms with van der Waals surface area (Å²) in [6.07, 6.45) is 0.945. The van der Waals surface area contributed by atoms with Gasteiger partial charge in [0.05, 0.1) is 6.10 Å². The summed E-state index contributed by atoms with van der Waals surface area (Å²) in [5.41, 5.74) is -0.616. The van der Waals surface area contributed by atoms with Gasteiger partial charge < -0.3 is 4.74 Å². The fraction of sp³-hybridized carbons (Fsp3) is 0.615. The number of aliphatic imine (C=N–C) groups is 1. The maximum absolute atomic E-state index is 12.0. The zero-order chi connectivity index (χ0) is 15.6. The smallest absolute Gasteiger partial charge is 0.332 e. The molecule has 0 unspecified atom stereocenters. The van der Waals surface area contributed by atoms with Gasteiger partial charge in [-0.2, -0.15) is 4.99 Å². The Kier molecular flexibility index (Phi) is 4.46. The maximum atomic E-state index is 12.0. The molecular formula is C13H19N5O3. The van der Waals surface area contributed by atoms with Crippen LogP contribution in [-0.2, 0) is 18.8 Å². The molecular weight excluding hydrogens is 274 g/mol. The second-order valence-corrected chi connectivity index (χ2v) is 5.06. The topological polar surface area (TPSA) is 90.3 Å². The minimum absolute atomic E-state index is 0.164. The molecule has 0 saturated heterocycles. The third-order valence-corrected chi connectivity index (χ3v) is 3.04. The van der Waals surface area contributed by atoms with Gasteiger partial charge in [0.25, 0.3) is 5.56 Å². The van der Waals surface area contributed by atoms with E-state index in [1.54, 1.807) is 7.05 Å². The Bertz CT molecular complexity index is 801. The molecule has 0 atom stereocenters. The van der Waals surface area contributed by atoms with Crippen molar-refractivity contribution in [2.75, 3.05) is 13.2 Å². The van der Waals surface area contributed by atoms with Crippen molar-refractivity contribution in [3.05, 3.63) is 31.7 Å². The minimum Gasteiger partial charge on any atom is -0.379 e. The fourth-order valence-electron chi connectivity index (χ4n) is 1.89. The lowest BCUT2D eigenvalue weighted by Gasteiger charge is -2.04. The lowest BCUT2D eigenvalue weighted by molar-refractivity contribution is 0.0783. The van der Waals surface area contributed by atoms with Crippen LogP contribution in [0.2, 0.25) is 0 Å². The summed E-state index contributed by atoms with van der Waals surface area (Å²) in [5.74, 6) is 0.229. The van der Waals surface area contributed by atoms with Crippen LogP contribution < -0.4 is 22.1 Å². The van der Waals surface area contributed by atoms with Crippen molar-refractivity contribution < 1.29 is 4.74 Å². The number of nitrogens with zero attached hydrogens (tertiary/aromatic N) is 5. The second kappa shape index (κ2) is 6.13. The fourth-order valence-corrected chi connectivity index (χ4v) is 1.89. The summed E-state index contributed by atoms with van der Waals surface area (Å²) in [7, 11) is 2.97. The monoisotopic (exact) mass is 293 g/mol. The van der Waals surface area contributed by atoms with Gasteiger partial charge in [-0.25, -0.2) is 14.8 Å². The summed E-state index contributed by atoms with van der Waals surface area (Å²) in [6.45, 7) is 5.07. The zero-order valence-corrected chi connectivity index (χ0v) is 12.7. The molecule has 0 spiro atoms. The standard InChI is InChI=1S/C13H19N5O3/c1-8(2)21-7-5-6-14-12-15-9-10(16-12)17(3)13(20)18(4)11(9)19/h8H,5-7H2,1-4H3. The van der Waals surface area contributed by atoms with E-state index in [9.17, 15) is 9.59 Å². The third kappa shape index (κ3) is 3.15. The summed E-state index contributed by atoms with van der Waals surface area (Å²) in [5, 5.41) is 0.164. The summed E-state index contributed by atoms with van der Waals surface area (Å²) >= 11 is 0. The van der Waals surface area contributed by atoms with Gasteiger partial charge in [-0.1, -0.05) is 0 Å². The first kappa shape index (κ1) is 15.3. The third-order valence-electron chi connectivity index (χ3n) is 3.04. The molecule has 114 valence electrons. The van der Waals surface area contributed by atoms with Crippen molar-refractivity contribution in [2.24, 2.45) is 29.1 Å². The zero-order valence-electron chi connectivity index (χ0n) is 12.7. The molecule has 8 nitrogen and oxygen atoms in total. The van der Waals surface area contributed by atoms with E-state index in [0.717, 1.165) is 11.0 Å². The largest absolute Gasteiger partial charge is 0.379 e. The van der Waals surface area contributed by atoms with Crippen molar-refractivity contribution >= 4 is 5.96 Å². The molecule has 0 saturated carbocycles. The average Bonchev–Trinajstić information content (AvgIpc) is 2.86. The molecule has 0 radical (unpaired) electrons. The lowest BCUT2D eigenvalue weighted by atomic mass is 10.4. The second-order valence-electron chi connectivity index (χ2n) is 5.06. The highest BCUT2D eigenvalue weighted by Gasteiger charge is 2.13. The van der Waals surface area contributed by atoms with Crippen molar-refractivity contribution in [3.63, 3.8) is 0 Å². The molecule has 2 rings (SSSR count). The van der Waals surface area contributed by atoms with Gasteiger partial charge in [0, 0.05) is 27.2 Å². The van der Waals surface area contributed by atoms with Crippen LogP contribution in [-0.4, -0.2) is 34.3 Å². The van der Waals surface area contributed by atoms with E-state index in [-0.39, 0.29) is 22.9 Å². The number of hydrogen-bond donors (Lipinski definition) is 0. The molecule has 1 aliphatic rings. The van der Waals surface area contributed by atoms with E-state index in [0.29, 0.717) is 13.2 Å². The SMILES string of the molecule is CC(C)OCCCN=C1N=c2c(=O)n(C)c(=O)n(C)c2=N1. The molecule has 1 aromatic heterocycles. The average molecular weight is 293 g/mol. The number of ether oxygens (including phenoxy) is 1. The highest BCUT2D eigenvalue weighted by molar-refractivity contribution is 5.82. The first-order valence-electron chi connectivity index (χ1n) is 6.81. The number of fused-ring (bicyclic) bond motifs is 1. The van der Waals surface area contributed by atoms with E-state index >= 15 is 0 Å². The number of aromatic nitrogens is 2. The van der Waals surface area contributed by atoms with Gasteiger partial charge in [-0.05, 0) is 20.3 Å². The van der Waals surface area contributed by atoms with E-state index in [4.69, 9.17) is 4.74 Å². The Balaban J connectivity index is 2.22. The maximum Gasteiger partial charge on any atom is 0.332 e. The van der Waals surface area contributed by atoms with E-state index < -0.39 is 11.2 Å². The first-order valence-corrected chi connectivity index (χ1v) is 6.81. The Morgan fingerprint density at radius 2 is 1.90 bits per heavy atom. The van der Waals surface area contributed by atoms with Crippen molar-refractivity contribution in [1.29, 1.82) is 0 Å².